The van der Waals surface area contributed by atoms with E-state index in [1.54, 1.807) is 0 Å². The van der Waals surface area contributed by atoms with E-state index in [0.29, 0.717) is 0 Å². The topological polar surface area (TPSA) is 9.23 Å². The predicted molar refractivity (Wildman–Crippen MR) is 101 cm³/mol. The molecule has 0 atom stereocenters. The Kier molecular flexibility index (Phi) is 3.63. The van der Waals surface area contributed by atoms with Gasteiger partial charge in [-0.25, -0.2) is 0 Å². The van der Waals surface area contributed by atoms with Gasteiger partial charge < -0.3 is 4.74 Å². The van der Waals surface area contributed by atoms with Crippen LogP contribution in [0.4, 0.5) is 0 Å². The van der Waals surface area contributed by atoms with Gasteiger partial charge in [-0.15, -0.1) is 0 Å². The zero-order valence-electron chi connectivity index (χ0n) is 15.0. The van der Waals surface area contributed by atoms with E-state index in [0.717, 1.165) is 5.75 Å². The van der Waals surface area contributed by atoms with Gasteiger partial charge in [-0.2, -0.15) is 0 Å². The Morgan fingerprint density at radius 2 is 1.35 bits per heavy atom. The molecule has 0 aliphatic heterocycles. The van der Waals surface area contributed by atoms with Crippen molar-refractivity contribution in [2.75, 3.05) is 0 Å². The Hall–Kier alpha value is -2.02. The highest BCUT2D eigenvalue weighted by molar-refractivity contribution is 6.08. The fourth-order valence-electron chi connectivity index (χ4n) is 3.04. The second kappa shape index (κ2) is 5.26. The van der Waals surface area contributed by atoms with Gasteiger partial charge in [-0.1, -0.05) is 57.2 Å². The molecule has 0 unspecified atom stereocenters. The summed E-state index contributed by atoms with van der Waals surface area (Å²) in [5.74, 6) is 0.994. The number of ether oxygens (including phenoxy) is 1. The molecule has 0 radical (unpaired) electrons. The molecule has 0 fully saturated rings. The van der Waals surface area contributed by atoms with Gasteiger partial charge in [-0.05, 0) is 59.9 Å². The molecule has 0 spiro atoms. The molecule has 0 bridgehead atoms. The van der Waals surface area contributed by atoms with Crippen molar-refractivity contribution in [2.45, 2.75) is 52.6 Å². The van der Waals surface area contributed by atoms with E-state index in [9.17, 15) is 0 Å². The molecule has 0 N–H and O–H groups in total. The first-order valence-electron chi connectivity index (χ1n) is 8.30. The summed E-state index contributed by atoms with van der Waals surface area (Å²) in [6, 6.07) is 17.5. The molecule has 3 aromatic rings. The summed E-state index contributed by atoms with van der Waals surface area (Å²) in [4.78, 5) is 0. The molecule has 0 saturated heterocycles. The van der Waals surface area contributed by atoms with E-state index in [-0.39, 0.29) is 11.0 Å². The van der Waals surface area contributed by atoms with E-state index in [2.05, 4.69) is 90.1 Å². The first-order chi connectivity index (χ1) is 10.6. The summed E-state index contributed by atoms with van der Waals surface area (Å²) < 4.78 is 6.32. The molecule has 0 aromatic heterocycles. The molecule has 0 aliphatic carbocycles. The molecule has 0 aliphatic rings. The minimum atomic E-state index is -0.210. The van der Waals surface area contributed by atoms with Crippen molar-refractivity contribution in [3.8, 4) is 5.75 Å². The van der Waals surface area contributed by atoms with Crippen LogP contribution in [0.25, 0.3) is 21.5 Å². The minimum Gasteiger partial charge on any atom is -0.488 e. The summed E-state index contributed by atoms with van der Waals surface area (Å²) in [7, 11) is 0. The zero-order valence-corrected chi connectivity index (χ0v) is 15.0. The maximum absolute atomic E-state index is 6.32. The highest BCUT2D eigenvalue weighted by Crippen LogP contribution is 2.38. The number of fused-ring (bicyclic) bond motifs is 3. The summed E-state index contributed by atoms with van der Waals surface area (Å²) in [6.07, 6.45) is 0. The van der Waals surface area contributed by atoms with Gasteiger partial charge in [0.1, 0.15) is 11.4 Å². The van der Waals surface area contributed by atoms with Crippen LogP contribution in [0, 0.1) is 0 Å². The highest BCUT2D eigenvalue weighted by atomic mass is 16.5. The third-order valence-electron chi connectivity index (χ3n) is 4.07. The first-order valence-corrected chi connectivity index (χ1v) is 8.30. The fourth-order valence-corrected chi connectivity index (χ4v) is 3.04. The molecule has 23 heavy (non-hydrogen) atoms. The zero-order chi connectivity index (χ0) is 16.8. The lowest BCUT2D eigenvalue weighted by Crippen LogP contribution is -2.25. The Morgan fingerprint density at radius 1 is 0.696 bits per heavy atom. The summed E-state index contributed by atoms with van der Waals surface area (Å²) in [6.45, 7) is 13.0. The number of hydrogen-bond donors (Lipinski definition) is 0. The average molecular weight is 306 g/mol. The summed E-state index contributed by atoms with van der Waals surface area (Å²) in [5.41, 5.74) is 1.09. The number of benzene rings is 3. The second-order valence-electron chi connectivity index (χ2n) is 8.32. The lowest BCUT2D eigenvalue weighted by Gasteiger charge is -2.29. The van der Waals surface area contributed by atoms with Gasteiger partial charge in [0.2, 0.25) is 0 Å². The molecule has 3 aromatic carbocycles. The highest BCUT2D eigenvalue weighted by Gasteiger charge is 2.23. The smallest absolute Gasteiger partial charge is 0.124 e. The molecule has 3 rings (SSSR count). The van der Waals surface area contributed by atoms with E-state index in [4.69, 9.17) is 4.74 Å². The van der Waals surface area contributed by atoms with Gasteiger partial charge in [0.05, 0.1) is 0 Å². The molecule has 0 heterocycles. The fraction of sp³-hybridized carbons (Fsp3) is 0.364. The molecule has 0 amide bonds. The van der Waals surface area contributed by atoms with Crippen molar-refractivity contribution in [1.82, 2.24) is 0 Å². The van der Waals surface area contributed by atoms with Crippen LogP contribution in [0.15, 0.2) is 48.5 Å². The van der Waals surface area contributed by atoms with Gasteiger partial charge in [0.15, 0.2) is 0 Å². The monoisotopic (exact) mass is 306 g/mol. The molecule has 1 heteroatoms. The summed E-state index contributed by atoms with van der Waals surface area (Å²) >= 11 is 0. The Bertz CT molecular complexity index is 861. The SMILES string of the molecule is CC(C)(C)Oc1cc2c(ccc3ccccc32)cc1C(C)(C)C. The Balaban J connectivity index is 2.34. The van der Waals surface area contributed by atoms with E-state index >= 15 is 0 Å². The van der Waals surface area contributed by atoms with Crippen LogP contribution >= 0.6 is 0 Å². The molecule has 120 valence electrons. The van der Waals surface area contributed by atoms with Gasteiger partial charge in [-0.3, -0.25) is 0 Å². The maximum Gasteiger partial charge on any atom is 0.124 e. The minimum absolute atomic E-state index is 0.0421. The van der Waals surface area contributed by atoms with Crippen LogP contribution in [0.2, 0.25) is 0 Å². The molecule has 0 saturated carbocycles. The molecular weight excluding hydrogens is 280 g/mol. The van der Waals surface area contributed by atoms with Crippen LogP contribution in [0.5, 0.6) is 5.75 Å². The van der Waals surface area contributed by atoms with Gasteiger partial charge in [0.25, 0.3) is 0 Å². The van der Waals surface area contributed by atoms with Crippen molar-refractivity contribution in [3.63, 3.8) is 0 Å². The van der Waals surface area contributed by atoms with Crippen LogP contribution in [0.3, 0.4) is 0 Å². The van der Waals surface area contributed by atoms with E-state index in [1.165, 1.54) is 27.1 Å². The van der Waals surface area contributed by atoms with E-state index < -0.39 is 0 Å². The second-order valence-corrected chi connectivity index (χ2v) is 8.32. The normalized spacial score (nSPS) is 12.8. The standard InChI is InChI=1S/C22H26O/c1-21(2,3)19-13-16-12-11-15-9-7-8-10-17(15)18(16)14-20(19)23-22(4,5)6/h7-14H,1-6H3. The number of hydrogen-bond acceptors (Lipinski definition) is 1. The van der Waals surface area contributed by atoms with Crippen LogP contribution < -0.4 is 4.74 Å². The lowest BCUT2D eigenvalue weighted by molar-refractivity contribution is 0.128. The first kappa shape index (κ1) is 15.9. The average Bonchev–Trinajstić information content (AvgIpc) is 2.43. The van der Waals surface area contributed by atoms with Crippen molar-refractivity contribution in [1.29, 1.82) is 0 Å². The van der Waals surface area contributed by atoms with Gasteiger partial charge >= 0.3 is 0 Å². The number of rotatable bonds is 1. The Morgan fingerprint density at radius 3 is 2.00 bits per heavy atom. The van der Waals surface area contributed by atoms with Crippen molar-refractivity contribution in [2.24, 2.45) is 0 Å². The van der Waals surface area contributed by atoms with Crippen molar-refractivity contribution in [3.05, 3.63) is 54.1 Å². The van der Waals surface area contributed by atoms with Crippen LogP contribution in [0.1, 0.15) is 47.1 Å². The lowest BCUT2D eigenvalue weighted by atomic mass is 9.84. The van der Waals surface area contributed by atoms with Crippen LogP contribution in [-0.4, -0.2) is 5.60 Å². The van der Waals surface area contributed by atoms with Crippen molar-refractivity contribution < 1.29 is 4.74 Å². The maximum atomic E-state index is 6.32. The third-order valence-corrected chi connectivity index (χ3v) is 4.07. The predicted octanol–water partition coefficient (Wildman–Crippen LogP) is 6.47. The van der Waals surface area contributed by atoms with E-state index in [1.807, 2.05) is 0 Å². The molecule has 1 nitrogen and oxygen atoms in total. The molecular formula is C22H26O. The summed E-state index contributed by atoms with van der Waals surface area (Å²) in [5, 5.41) is 5.08. The third kappa shape index (κ3) is 3.19. The largest absolute Gasteiger partial charge is 0.488 e. The van der Waals surface area contributed by atoms with Crippen molar-refractivity contribution >= 4 is 21.5 Å². The Labute approximate surface area is 139 Å². The van der Waals surface area contributed by atoms with Gasteiger partial charge in [0, 0.05) is 5.56 Å². The van der Waals surface area contributed by atoms with Crippen LogP contribution in [-0.2, 0) is 5.41 Å². The quantitative estimate of drug-likeness (QED) is 0.468.